The van der Waals surface area contributed by atoms with Crippen LogP contribution in [-0.2, 0) is 0 Å². The number of rotatable bonds is 2. The molecule has 0 aliphatic carbocycles. The minimum absolute atomic E-state index is 0.549. The van der Waals surface area contributed by atoms with Gasteiger partial charge in [0.1, 0.15) is 16.7 Å². The summed E-state index contributed by atoms with van der Waals surface area (Å²) in [6, 6.07) is 48.4. The van der Waals surface area contributed by atoms with Gasteiger partial charge in [0.15, 0.2) is 0 Å². The summed E-state index contributed by atoms with van der Waals surface area (Å²) in [5.41, 5.74) is 6.93. The van der Waals surface area contributed by atoms with E-state index in [1.54, 1.807) is 0 Å². The minimum Gasteiger partial charge on any atom is -0.455 e. The first kappa shape index (κ1) is 24.8. The Morgan fingerprint density at radius 2 is 1.19 bits per heavy atom. The predicted octanol–water partition coefficient (Wildman–Crippen LogP) is 11.3. The van der Waals surface area contributed by atoms with Gasteiger partial charge in [-0.3, -0.25) is 4.57 Å². The summed E-state index contributed by atoms with van der Waals surface area (Å²) >= 11 is 0. The van der Waals surface area contributed by atoms with Crippen molar-refractivity contribution >= 4 is 87.4 Å². The standard InChI is InChI=1S/C42H23N3O2/c1-2-11-25(12-3-1)38-37-30-16-8-9-17-34(30)47-41(37)44-42(43-38)45-33-21-20-29-32-22-26-13-4-5-14-27(26)23-35(32)46-40(29)36(33)31-19-18-24-10-6-7-15-28(24)39(31)45/h1-23H. The Morgan fingerprint density at radius 1 is 0.468 bits per heavy atom. The smallest absolute Gasteiger partial charge is 0.238 e. The molecule has 0 saturated carbocycles. The van der Waals surface area contributed by atoms with Crippen molar-refractivity contribution in [2.45, 2.75) is 0 Å². The SMILES string of the molecule is c1ccc(-c2nc(-n3c4ccc5c6cc7ccccc7cc6oc5c4c4ccc5ccccc5c43)nc3oc4ccccc4c23)cc1. The van der Waals surface area contributed by atoms with Crippen molar-refractivity contribution < 1.29 is 8.83 Å². The van der Waals surface area contributed by atoms with Gasteiger partial charge in [0, 0.05) is 32.5 Å². The summed E-state index contributed by atoms with van der Waals surface area (Å²) in [6.45, 7) is 0. The molecule has 7 aromatic carbocycles. The molecule has 0 spiro atoms. The summed E-state index contributed by atoms with van der Waals surface area (Å²) in [5.74, 6) is 0.549. The van der Waals surface area contributed by atoms with Crippen molar-refractivity contribution in [3.05, 3.63) is 140 Å². The van der Waals surface area contributed by atoms with Crippen molar-refractivity contribution in [1.29, 1.82) is 0 Å². The van der Waals surface area contributed by atoms with E-state index >= 15 is 0 Å². The third-order valence-corrected chi connectivity index (χ3v) is 9.59. The molecule has 218 valence electrons. The average Bonchev–Trinajstić information content (AvgIpc) is 3.79. The van der Waals surface area contributed by atoms with E-state index in [1.807, 2.05) is 36.4 Å². The Morgan fingerprint density at radius 3 is 2.06 bits per heavy atom. The van der Waals surface area contributed by atoms with Crippen molar-refractivity contribution in [2.75, 3.05) is 0 Å². The van der Waals surface area contributed by atoms with Crippen LogP contribution in [0.5, 0.6) is 0 Å². The molecule has 0 radical (unpaired) electrons. The number of hydrogen-bond acceptors (Lipinski definition) is 4. The van der Waals surface area contributed by atoms with Gasteiger partial charge in [-0.1, -0.05) is 109 Å². The molecule has 0 amide bonds. The predicted molar refractivity (Wildman–Crippen MR) is 191 cm³/mol. The highest BCUT2D eigenvalue weighted by atomic mass is 16.3. The van der Waals surface area contributed by atoms with E-state index in [0.29, 0.717) is 11.7 Å². The Balaban J connectivity index is 1.33. The Kier molecular flexibility index (Phi) is 4.78. The summed E-state index contributed by atoms with van der Waals surface area (Å²) in [4.78, 5) is 10.5. The molecule has 11 aromatic rings. The number of fused-ring (bicyclic) bond motifs is 13. The molecule has 0 N–H and O–H groups in total. The van der Waals surface area contributed by atoms with Gasteiger partial charge in [0.25, 0.3) is 0 Å². The van der Waals surface area contributed by atoms with Crippen molar-refractivity contribution in [1.82, 2.24) is 14.5 Å². The lowest BCUT2D eigenvalue weighted by atomic mass is 10.0. The van der Waals surface area contributed by atoms with Crippen LogP contribution in [0, 0.1) is 0 Å². The van der Waals surface area contributed by atoms with Crippen LogP contribution in [0.1, 0.15) is 0 Å². The molecule has 0 bridgehead atoms. The van der Waals surface area contributed by atoms with Gasteiger partial charge in [-0.15, -0.1) is 0 Å². The van der Waals surface area contributed by atoms with Gasteiger partial charge < -0.3 is 8.83 Å². The van der Waals surface area contributed by atoms with E-state index in [2.05, 4.69) is 108 Å². The van der Waals surface area contributed by atoms with Gasteiger partial charge >= 0.3 is 0 Å². The van der Waals surface area contributed by atoms with Gasteiger partial charge in [-0.2, -0.15) is 4.98 Å². The highest BCUT2D eigenvalue weighted by Gasteiger charge is 2.24. The summed E-state index contributed by atoms with van der Waals surface area (Å²) in [7, 11) is 0. The third kappa shape index (κ3) is 3.37. The van der Waals surface area contributed by atoms with Crippen molar-refractivity contribution in [3.8, 4) is 17.2 Å². The average molecular weight is 602 g/mol. The lowest BCUT2D eigenvalue weighted by Gasteiger charge is -2.10. The third-order valence-electron chi connectivity index (χ3n) is 9.59. The number of para-hydroxylation sites is 1. The molecule has 0 fully saturated rings. The van der Waals surface area contributed by atoms with Gasteiger partial charge in [-0.25, -0.2) is 4.98 Å². The van der Waals surface area contributed by atoms with Crippen molar-refractivity contribution in [3.63, 3.8) is 0 Å². The largest absolute Gasteiger partial charge is 0.455 e. The van der Waals surface area contributed by atoms with Crippen LogP contribution in [0.3, 0.4) is 0 Å². The number of hydrogen-bond donors (Lipinski definition) is 0. The molecule has 0 aliphatic rings. The van der Waals surface area contributed by atoms with Crippen LogP contribution in [-0.4, -0.2) is 14.5 Å². The Labute approximate surface area is 266 Å². The van der Waals surface area contributed by atoms with E-state index in [-0.39, 0.29) is 0 Å². The molecule has 4 heterocycles. The molecule has 0 unspecified atom stereocenters. The second-order valence-corrected chi connectivity index (χ2v) is 12.2. The second kappa shape index (κ2) is 9.05. The van der Waals surface area contributed by atoms with E-state index < -0.39 is 0 Å². The molecular formula is C42H23N3O2. The fourth-order valence-electron chi connectivity index (χ4n) is 7.50. The molecule has 5 heteroatoms. The molecule has 11 rings (SSSR count). The lowest BCUT2D eigenvalue weighted by Crippen LogP contribution is -2.03. The molecule has 0 aliphatic heterocycles. The summed E-state index contributed by atoms with van der Waals surface area (Å²) < 4.78 is 15.4. The molecule has 5 nitrogen and oxygen atoms in total. The number of benzene rings is 7. The zero-order valence-corrected chi connectivity index (χ0v) is 24.9. The van der Waals surface area contributed by atoms with E-state index in [9.17, 15) is 0 Å². The summed E-state index contributed by atoms with van der Waals surface area (Å²) in [6.07, 6.45) is 0. The van der Waals surface area contributed by atoms with Crippen LogP contribution in [0.2, 0.25) is 0 Å². The van der Waals surface area contributed by atoms with E-state index in [0.717, 1.165) is 87.5 Å². The first-order chi connectivity index (χ1) is 23.3. The number of nitrogens with zero attached hydrogens (tertiary/aromatic N) is 3. The topological polar surface area (TPSA) is 57.0 Å². The van der Waals surface area contributed by atoms with Gasteiger partial charge in [0.05, 0.1) is 27.5 Å². The zero-order chi connectivity index (χ0) is 30.6. The molecule has 4 aromatic heterocycles. The highest BCUT2D eigenvalue weighted by Crippen LogP contribution is 2.44. The van der Waals surface area contributed by atoms with Crippen LogP contribution < -0.4 is 0 Å². The Hall–Kier alpha value is -6.46. The van der Waals surface area contributed by atoms with Gasteiger partial charge in [0.2, 0.25) is 11.7 Å². The van der Waals surface area contributed by atoms with Gasteiger partial charge in [-0.05, 0) is 46.5 Å². The number of aromatic nitrogens is 3. The first-order valence-corrected chi connectivity index (χ1v) is 15.8. The molecular weight excluding hydrogens is 578 g/mol. The maximum atomic E-state index is 6.77. The monoisotopic (exact) mass is 601 g/mol. The van der Waals surface area contributed by atoms with Crippen LogP contribution in [0.25, 0.3) is 105 Å². The quantitative estimate of drug-likeness (QED) is 0.198. The lowest BCUT2D eigenvalue weighted by molar-refractivity contribution is 0.651. The van der Waals surface area contributed by atoms with Crippen molar-refractivity contribution in [2.24, 2.45) is 0 Å². The summed E-state index contributed by atoms with van der Waals surface area (Å²) in [5, 5.41) is 10.8. The highest BCUT2D eigenvalue weighted by molar-refractivity contribution is 6.28. The van der Waals surface area contributed by atoms with Crippen LogP contribution in [0.4, 0.5) is 0 Å². The number of furan rings is 2. The molecule has 0 atom stereocenters. The maximum absolute atomic E-state index is 6.77. The maximum Gasteiger partial charge on any atom is 0.238 e. The van der Waals surface area contributed by atoms with Crippen LogP contribution in [0.15, 0.2) is 148 Å². The second-order valence-electron chi connectivity index (χ2n) is 12.2. The van der Waals surface area contributed by atoms with E-state index in [1.165, 1.54) is 5.39 Å². The molecule has 0 saturated heterocycles. The molecule has 47 heavy (non-hydrogen) atoms. The fourth-order valence-corrected chi connectivity index (χ4v) is 7.50. The normalized spacial score (nSPS) is 12.3. The first-order valence-electron chi connectivity index (χ1n) is 15.8. The minimum atomic E-state index is 0.549. The van der Waals surface area contributed by atoms with E-state index in [4.69, 9.17) is 18.8 Å². The zero-order valence-electron chi connectivity index (χ0n) is 24.9. The Bertz CT molecular complexity index is 3070. The van der Waals surface area contributed by atoms with Crippen LogP contribution >= 0.6 is 0 Å². The fraction of sp³-hybridized carbons (Fsp3) is 0.